The first kappa shape index (κ1) is 74.6. The molecule has 1 atom stereocenters. The zero-order chi connectivity index (χ0) is 56.4. The van der Waals surface area contributed by atoms with Crippen molar-refractivity contribution in [3.63, 3.8) is 0 Å². The quantitative estimate of drug-likeness (QED) is 0.0261. The van der Waals surface area contributed by atoms with E-state index in [1.807, 2.05) is 0 Å². The van der Waals surface area contributed by atoms with Crippen LogP contribution in [0.2, 0.25) is 0 Å². The summed E-state index contributed by atoms with van der Waals surface area (Å²) in [5.74, 6) is -0.947. The van der Waals surface area contributed by atoms with Crippen molar-refractivity contribution >= 4 is 17.9 Å². The second-order valence-corrected chi connectivity index (χ2v) is 22.4. The molecule has 1 unspecified atom stereocenters. The molecule has 6 nitrogen and oxygen atoms in total. The Bertz CT molecular complexity index is 1480. The average molecular weight is 1090 g/mol. The first-order chi connectivity index (χ1) is 38.5. The minimum Gasteiger partial charge on any atom is -0.462 e. The van der Waals surface area contributed by atoms with E-state index in [4.69, 9.17) is 14.2 Å². The topological polar surface area (TPSA) is 78.9 Å². The molecule has 0 radical (unpaired) electrons. The fourth-order valence-corrected chi connectivity index (χ4v) is 9.63. The number of unbranched alkanes of at least 4 members (excludes halogenated alkanes) is 36. The molecule has 0 aliphatic rings. The Hall–Kier alpha value is -3.41. The Morgan fingerprint density at radius 1 is 0.269 bits per heavy atom. The van der Waals surface area contributed by atoms with E-state index in [0.29, 0.717) is 19.3 Å². The minimum atomic E-state index is -0.802. The molecule has 6 heteroatoms. The molecule has 0 spiro atoms. The van der Waals surface area contributed by atoms with Gasteiger partial charge in [0.15, 0.2) is 6.10 Å². The molecule has 78 heavy (non-hydrogen) atoms. The van der Waals surface area contributed by atoms with Crippen LogP contribution in [0, 0.1) is 0 Å². The van der Waals surface area contributed by atoms with Gasteiger partial charge in [-0.25, -0.2) is 0 Å². The van der Waals surface area contributed by atoms with Gasteiger partial charge in [0, 0.05) is 19.3 Å². The maximum Gasteiger partial charge on any atom is 0.306 e. The van der Waals surface area contributed by atoms with E-state index >= 15 is 0 Å². The highest BCUT2D eigenvalue weighted by Gasteiger charge is 2.19. The Kier molecular flexibility index (Phi) is 63.2. The molecular weight excluding hydrogens is 961 g/mol. The number of carbonyl (C=O) groups is 3. The molecule has 0 aromatic rings. The van der Waals surface area contributed by atoms with Crippen molar-refractivity contribution in [3.8, 4) is 0 Å². The Labute approximate surface area is 484 Å². The van der Waals surface area contributed by atoms with Gasteiger partial charge in [0.1, 0.15) is 13.2 Å². The summed E-state index contributed by atoms with van der Waals surface area (Å²) >= 11 is 0. The second kappa shape index (κ2) is 66.1. The van der Waals surface area contributed by atoms with Gasteiger partial charge in [0.05, 0.1) is 0 Å². The minimum absolute atomic E-state index is 0.0953. The number of allylic oxidation sites excluding steroid dienone is 14. The van der Waals surface area contributed by atoms with Gasteiger partial charge < -0.3 is 14.2 Å². The molecule has 0 aliphatic heterocycles. The van der Waals surface area contributed by atoms with Crippen LogP contribution >= 0.6 is 0 Å². The van der Waals surface area contributed by atoms with E-state index in [2.05, 4.69) is 106 Å². The van der Waals surface area contributed by atoms with Gasteiger partial charge in [-0.15, -0.1) is 0 Å². The number of esters is 3. The summed E-state index contributed by atoms with van der Waals surface area (Å²) in [5.41, 5.74) is 0. The molecule has 0 heterocycles. The lowest BCUT2D eigenvalue weighted by atomic mass is 10.0. The van der Waals surface area contributed by atoms with Gasteiger partial charge in [-0.3, -0.25) is 14.4 Å². The van der Waals surface area contributed by atoms with Gasteiger partial charge in [-0.05, 0) is 89.9 Å². The summed E-state index contributed by atoms with van der Waals surface area (Å²) in [4.78, 5) is 38.1. The average Bonchev–Trinajstić information content (AvgIpc) is 3.44. The molecule has 0 N–H and O–H groups in total. The van der Waals surface area contributed by atoms with Crippen LogP contribution in [0.1, 0.15) is 335 Å². The number of rotatable bonds is 61. The fraction of sp³-hybridized carbons (Fsp3) is 0.764. The lowest BCUT2D eigenvalue weighted by molar-refractivity contribution is -0.167. The van der Waals surface area contributed by atoms with Gasteiger partial charge in [0.25, 0.3) is 0 Å². The molecule has 0 rings (SSSR count). The van der Waals surface area contributed by atoms with Gasteiger partial charge >= 0.3 is 17.9 Å². The van der Waals surface area contributed by atoms with Crippen molar-refractivity contribution in [1.82, 2.24) is 0 Å². The standard InChI is InChI=1S/C72H126O6/c1-4-7-10-13-16-19-21-23-25-27-28-29-30-31-32-33-34-35-36-37-38-39-40-41-42-43-44-46-47-49-51-53-56-59-62-65-71(74)77-68-69(67-76-70(73)64-61-58-55-18-15-12-9-6-3)78-72(75)66-63-60-57-54-52-50-48-45-26-24-22-20-17-14-11-8-5-2/h8,11,17,20-21,23-24,26-28,48,50,54,57,69H,4-7,9-10,12-16,18-19,22,25,29-47,49,51-53,55-56,58-68H2,1-3H3/b11-8-,20-17-,23-21-,26-24-,28-27-,50-48-,57-54-. The Balaban J connectivity index is 4.03. The molecule has 0 saturated heterocycles. The van der Waals surface area contributed by atoms with E-state index in [9.17, 15) is 14.4 Å². The van der Waals surface area contributed by atoms with Crippen LogP contribution in [0.25, 0.3) is 0 Å². The molecule has 0 bridgehead atoms. The third kappa shape index (κ3) is 63.4. The van der Waals surface area contributed by atoms with Crippen molar-refractivity contribution in [3.05, 3.63) is 85.1 Å². The highest BCUT2D eigenvalue weighted by atomic mass is 16.6. The number of ether oxygens (including phenoxy) is 3. The SMILES string of the molecule is CC/C=C\C/C=C\C/C=C\C/C=C\C/C=C\CCCC(=O)OC(COC(=O)CCCCCCCCCC)COC(=O)CCCCCCCCCCCCCCCCCCCCCCCCC/C=C\C/C=C\CCCCCCC. The van der Waals surface area contributed by atoms with Crippen molar-refractivity contribution in [1.29, 1.82) is 0 Å². The summed E-state index contributed by atoms with van der Waals surface area (Å²) in [5, 5.41) is 0. The third-order valence-electron chi connectivity index (χ3n) is 14.6. The second-order valence-electron chi connectivity index (χ2n) is 22.4. The van der Waals surface area contributed by atoms with Crippen molar-refractivity contribution in [2.75, 3.05) is 13.2 Å². The smallest absolute Gasteiger partial charge is 0.306 e. The number of hydrogen-bond donors (Lipinski definition) is 0. The Morgan fingerprint density at radius 3 is 0.821 bits per heavy atom. The molecule has 0 aromatic carbocycles. The van der Waals surface area contributed by atoms with Crippen LogP contribution in [0.4, 0.5) is 0 Å². The monoisotopic (exact) mass is 1090 g/mol. The summed E-state index contributed by atoms with van der Waals surface area (Å²) in [6.07, 6.45) is 88.0. The van der Waals surface area contributed by atoms with Crippen molar-refractivity contribution in [2.45, 2.75) is 341 Å². The van der Waals surface area contributed by atoms with Crippen LogP contribution in [0.5, 0.6) is 0 Å². The van der Waals surface area contributed by atoms with Crippen LogP contribution < -0.4 is 0 Å². The lowest BCUT2D eigenvalue weighted by Crippen LogP contribution is -2.30. The molecule has 0 fully saturated rings. The van der Waals surface area contributed by atoms with Crippen LogP contribution in [-0.2, 0) is 28.6 Å². The van der Waals surface area contributed by atoms with E-state index in [1.54, 1.807) is 0 Å². The zero-order valence-electron chi connectivity index (χ0n) is 51.7. The summed E-state index contributed by atoms with van der Waals surface area (Å²) in [7, 11) is 0. The normalized spacial score (nSPS) is 12.6. The first-order valence-corrected chi connectivity index (χ1v) is 33.6. The molecule has 450 valence electrons. The molecular formula is C72H126O6. The highest BCUT2D eigenvalue weighted by Crippen LogP contribution is 2.17. The predicted molar refractivity (Wildman–Crippen MR) is 339 cm³/mol. The maximum absolute atomic E-state index is 12.8. The predicted octanol–water partition coefficient (Wildman–Crippen LogP) is 23.1. The van der Waals surface area contributed by atoms with E-state index < -0.39 is 6.10 Å². The molecule has 0 saturated carbocycles. The van der Waals surface area contributed by atoms with Gasteiger partial charge in [-0.2, -0.15) is 0 Å². The number of hydrogen-bond acceptors (Lipinski definition) is 6. The Morgan fingerprint density at radius 2 is 0.513 bits per heavy atom. The van der Waals surface area contributed by atoms with Crippen LogP contribution in [-0.4, -0.2) is 37.2 Å². The molecule has 0 aromatic heterocycles. The van der Waals surface area contributed by atoms with Gasteiger partial charge in [-0.1, -0.05) is 311 Å². The lowest BCUT2D eigenvalue weighted by Gasteiger charge is -2.18. The molecule has 0 aliphatic carbocycles. The largest absolute Gasteiger partial charge is 0.462 e. The van der Waals surface area contributed by atoms with Gasteiger partial charge in [0.2, 0.25) is 0 Å². The van der Waals surface area contributed by atoms with E-state index in [-0.39, 0.29) is 37.5 Å². The van der Waals surface area contributed by atoms with Crippen molar-refractivity contribution in [2.24, 2.45) is 0 Å². The third-order valence-corrected chi connectivity index (χ3v) is 14.6. The fourth-order valence-electron chi connectivity index (χ4n) is 9.63. The van der Waals surface area contributed by atoms with Crippen LogP contribution in [0.15, 0.2) is 85.1 Å². The first-order valence-electron chi connectivity index (χ1n) is 33.6. The van der Waals surface area contributed by atoms with E-state index in [0.717, 1.165) is 83.5 Å². The summed E-state index contributed by atoms with van der Waals surface area (Å²) < 4.78 is 16.8. The van der Waals surface area contributed by atoms with Crippen LogP contribution in [0.3, 0.4) is 0 Å². The summed E-state index contributed by atoms with van der Waals surface area (Å²) in [6, 6.07) is 0. The highest BCUT2D eigenvalue weighted by molar-refractivity contribution is 5.71. The number of carbonyl (C=O) groups excluding carboxylic acids is 3. The van der Waals surface area contributed by atoms with Crippen molar-refractivity contribution < 1.29 is 28.6 Å². The van der Waals surface area contributed by atoms with E-state index in [1.165, 1.54) is 205 Å². The summed E-state index contributed by atoms with van der Waals surface area (Å²) in [6.45, 7) is 6.47. The maximum atomic E-state index is 12.8. The zero-order valence-corrected chi connectivity index (χ0v) is 51.7. The molecule has 0 amide bonds.